The minimum absolute atomic E-state index is 0.339. The molecule has 4 rings (SSSR count). The van der Waals surface area contributed by atoms with Gasteiger partial charge >= 0.3 is 0 Å². The van der Waals surface area contributed by atoms with E-state index in [1.165, 1.54) is 31.2 Å². The number of carbonyl (C=O) groups is 1. The van der Waals surface area contributed by atoms with Crippen molar-refractivity contribution in [2.75, 3.05) is 31.1 Å². The molecule has 0 bridgehead atoms. The third kappa shape index (κ3) is 2.81. The Morgan fingerprint density at radius 2 is 1.86 bits per heavy atom. The molecule has 1 amide bonds. The largest absolute Gasteiger partial charge is 0.356 e. The first-order valence-corrected chi connectivity index (χ1v) is 8.67. The fraction of sp³-hybridized carbons (Fsp3) is 0.706. The van der Waals surface area contributed by atoms with E-state index in [4.69, 9.17) is 0 Å². The van der Waals surface area contributed by atoms with Gasteiger partial charge in [-0.25, -0.2) is 9.97 Å². The van der Waals surface area contributed by atoms with Crippen molar-refractivity contribution in [3.05, 3.63) is 17.6 Å². The number of aromatic nitrogens is 2. The molecule has 22 heavy (non-hydrogen) atoms. The van der Waals surface area contributed by atoms with Crippen molar-refractivity contribution in [2.24, 2.45) is 5.92 Å². The van der Waals surface area contributed by atoms with Gasteiger partial charge in [0.1, 0.15) is 12.1 Å². The van der Waals surface area contributed by atoms with Crippen LogP contribution in [0.4, 0.5) is 5.82 Å². The van der Waals surface area contributed by atoms with Crippen LogP contribution in [-0.2, 0) is 17.6 Å². The smallest absolute Gasteiger partial charge is 0.222 e. The van der Waals surface area contributed by atoms with E-state index in [-0.39, 0.29) is 0 Å². The van der Waals surface area contributed by atoms with Crippen LogP contribution in [0, 0.1) is 5.92 Å². The predicted molar refractivity (Wildman–Crippen MR) is 84.8 cm³/mol. The van der Waals surface area contributed by atoms with Crippen molar-refractivity contribution in [2.45, 2.75) is 44.9 Å². The molecule has 5 heteroatoms. The van der Waals surface area contributed by atoms with Gasteiger partial charge < -0.3 is 9.80 Å². The van der Waals surface area contributed by atoms with Crippen LogP contribution < -0.4 is 4.90 Å². The van der Waals surface area contributed by atoms with Crippen LogP contribution in [0.3, 0.4) is 0 Å². The van der Waals surface area contributed by atoms with Gasteiger partial charge in [0, 0.05) is 44.6 Å². The van der Waals surface area contributed by atoms with Crippen LogP contribution in [0.25, 0.3) is 0 Å². The van der Waals surface area contributed by atoms with E-state index < -0.39 is 0 Å². The zero-order chi connectivity index (χ0) is 14.9. The Morgan fingerprint density at radius 3 is 2.64 bits per heavy atom. The van der Waals surface area contributed by atoms with E-state index in [1.807, 2.05) is 4.90 Å². The highest BCUT2D eigenvalue weighted by atomic mass is 16.2. The van der Waals surface area contributed by atoms with Gasteiger partial charge in [-0.2, -0.15) is 0 Å². The second kappa shape index (κ2) is 5.86. The number of amides is 1. The zero-order valence-corrected chi connectivity index (χ0v) is 13.1. The van der Waals surface area contributed by atoms with Gasteiger partial charge in [0.15, 0.2) is 0 Å². The van der Waals surface area contributed by atoms with Crippen LogP contribution in [-0.4, -0.2) is 47.0 Å². The first-order valence-electron chi connectivity index (χ1n) is 8.67. The maximum atomic E-state index is 12.4. The molecule has 5 nitrogen and oxygen atoms in total. The van der Waals surface area contributed by atoms with Crippen LogP contribution in [0.2, 0.25) is 0 Å². The average Bonchev–Trinajstić information content (AvgIpc) is 3.23. The zero-order valence-electron chi connectivity index (χ0n) is 13.1. The van der Waals surface area contributed by atoms with Crippen LogP contribution in [0.15, 0.2) is 6.33 Å². The maximum absolute atomic E-state index is 12.4. The molecule has 1 saturated heterocycles. The highest BCUT2D eigenvalue weighted by Gasteiger charge is 2.29. The highest BCUT2D eigenvalue weighted by Crippen LogP contribution is 2.33. The Bertz CT molecular complexity index is 564. The SMILES string of the molecule is O=C(CC1CC1)N1CCc2ncnc(N3CCCC3)c2CC1. The lowest BCUT2D eigenvalue weighted by molar-refractivity contribution is -0.131. The molecule has 2 aliphatic heterocycles. The van der Waals surface area contributed by atoms with Gasteiger partial charge in [0.05, 0.1) is 5.69 Å². The molecule has 0 atom stereocenters. The molecular formula is C17H24N4O. The van der Waals surface area contributed by atoms with E-state index in [0.717, 1.165) is 57.0 Å². The van der Waals surface area contributed by atoms with Crippen molar-refractivity contribution < 1.29 is 4.79 Å². The first-order chi connectivity index (χ1) is 10.8. The van der Waals surface area contributed by atoms with E-state index in [2.05, 4.69) is 14.9 Å². The molecule has 1 aromatic rings. The summed E-state index contributed by atoms with van der Waals surface area (Å²) in [6.07, 6.45) is 9.22. The number of carbonyl (C=O) groups excluding carboxylic acids is 1. The van der Waals surface area contributed by atoms with E-state index in [0.29, 0.717) is 11.8 Å². The van der Waals surface area contributed by atoms with Crippen LogP contribution in [0.5, 0.6) is 0 Å². The number of hydrogen-bond acceptors (Lipinski definition) is 4. The van der Waals surface area contributed by atoms with Gasteiger partial charge in [0.25, 0.3) is 0 Å². The quantitative estimate of drug-likeness (QED) is 0.854. The van der Waals surface area contributed by atoms with Gasteiger partial charge in [-0.05, 0) is 38.0 Å². The number of nitrogens with zero attached hydrogens (tertiary/aromatic N) is 4. The van der Waals surface area contributed by atoms with Crippen molar-refractivity contribution in [1.82, 2.24) is 14.9 Å². The summed E-state index contributed by atoms with van der Waals surface area (Å²) in [5.41, 5.74) is 2.43. The highest BCUT2D eigenvalue weighted by molar-refractivity contribution is 5.77. The average molecular weight is 300 g/mol. The van der Waals surface area contributed by atoms with Crippen molar-refractivity contribution in [3.63, 3.8) is 0 Å². The fourth-order valence-electron chi connectivity index (χ4n) is 3.66. The molecule has 3 aliphatic rings. The Labute approximate surface area is 131 Å². The molecule has 0 N–H and O–H groups in total. The molecule has 1 aromatic heterocycles. The molecule has 3 heterocycles. The minimum Gasteiger partial charge on any atom is -0.356 e. The lowest BCUT2D eigenvalue weighted by atomic mass is 10.1. The third-order valence-electron chi connectivity index (χ3n) is 5.18. The molecule has 0 aromatic carbocycles. The Morgan fingerprint density at radius 1 is 1.09 bits per heavy atom. The summed E-state index contributed by atoms with van der Waals surface area (Å²) < 4.78 is 0. The molecular weight excluding hydrogens is 276 g/mol. The monoisotopic (exact) mass is 300 g/mol. The van der Waals surface area contributed by atoms with Crippen molar-refractivity contribution in [1.29, 1.82) is 0 Å². The van der Waals surface area contributed by atoms with Gasteiger partial charge in [-0.1, -0.05) is 0 Å². The Kier molecular flexibility index (Phi) is 3.72. The predicted octanol–water partition coefficient (Wildman–Crippen LogP) is 1.80. The normalized spacial score (nSPS) is 21.6. The topological polar surface area (TPSA) is 49.3 Å². The fourth-order valence-corrected chi connectivity index (χ4v) is 3.66. The van der Waals surface area contributed by atoms with Crippen LogP contribution in [0.1, 0.15) is 43.4 Å². The Balaban J connectivity index is 1.51. The summed E-state index contributed by atoms with van der Waals surface area (Å²) in [7, 11) is 0. The summed E-state index contributed by atoms with van der Waals surface area (Å²) in [5.74, 6) is 2.13. The molecule has 0 radical (unpaired) electrons. The number of anilines is 1. The molecule has 118 valence electrons. The summed E-state index contributed by atoms with van der Waals surface area (Å²) >= 11 is 0. The van der Waals surface area contributed by atoms with Gasteiger partial charge in [0.2, 0.25) is 5.91 Å². The van der Waals surface area contributed by atoms with Crippen molar-refractivity contribution >= 4 is 11.7 Å². The van der Waals surface area contributed by atoms with Crippen LogP contribution >= 0.6 is 0 Å². The summed E-state index contributed by atoms with van der Waals surface area (Å²) in [5, 5.41) is 0. The van der Waals surface area contributed by atoms with E-state index >= 15 is 0 Å². The summed E-state index contributed by atoms with van der Waals surface area (Å²) in [4.78, 5) is 25.9. The number of rotatable bonds is 3. The maximum Gasteiger partial charge on any atom is 0.222 e. The van der Waals surface area contributed by atoms with E-state index in [9.17, 15) is 4.79 Å². The molecule has 1 saturated carbocycles. The number of hydrogen-bond donors (Lipinski definition) is 0. The molecule has 0 unspecified atom stereocenters. The van der Waals surface area contributed by atoms with E-state index in [1.54, 1.807) is 6.33 Å². The second-order valence-corrected chi connectivity index (χ2v) is 6.84. The van der Waals surface area contributed by atoms with Crippen molar-refractivity contribution in [3.8, 4) is 0 Å². The second-order valence-electron chi connectivity index (χ2n) is 6.84. The molecule has 2 fully saturated rings. The Hall–Kier alpha value is -1.65. The van der Waals surface area contributed by atoms with Gasteiger partial charge in [-0.15, -0.1) is 0 Å². The number of fused-ring (bicyclic) bond motifs is 1. The minimum atomic E-state index is 0.339. The van der Waals surface area contributed by atoms with Gasteiger partial charge in [-0.3, -0.25) is 4.79 Å². The molecule has 0 spiro atoms. The first kappa shape index (κ1) is 14.0. The summed E-state index contributed by atoms with van der Waals surface area (Å²) in [6, 6.07) is 0. The lowest BCUT2D eigenvalue weighted by Crippen LogP contribution is -2.33. The molecule has 1 aliphatic carbocycles. The third-order valence-corrected chi connectivity index (χ3v) is 5.18. The summed E-state index contributed by atoms with van der Waals surface area (Å²) in [6.45, 7) is 3.85. The standard InChI is InChI=1S/C17H24N4O/c22-16(11-13-3-4-13)20-9-5-14-15(6-10-20)18-12-19-17(14)21-7-1-2-8-21/h12-13H,1-11H2. The lowest BCUT2D eigenvalue weighted by Gasteiger charge is -2.21.